The fraction of sp³-hybridized carbons (Fsp3) is 0.400. The zero-order valence-corrected chi connectivity index (χ0v) is 8.81. The minimum atomic E-state index is 0.138. The molecule has 0 radical (unpaired) electrons. The number of aryl methyl sites for hydroxylation is 1. The van der Waals surface area contributed by atoms with Gasteiger partial charge in [0, 0.05) is 5.69 Å². The molecule has 0 amide bonds. The molecule has 3 heteroatoms. The first-order valence-electron chi connectivity index (χ1n) is 4.22. The van der Waals surface area contributed by atoms with Gasteiger partial charge in [-0.05, 0) is 30.0 Å². The summed E-state index contributed by atoms with van der Waals surface area (Å²) in [7, 11) is 0. The molecule has 2 nitrogen and oxygen atoms in total. The quantitative estimate of drug-likeness (QED) is 0.540. The van der Waals surface area contributed by atoms with Gasteiger partial charge in [0.2, 0.25) is 0 Å². The summed E-state index contributed by atoms with van der Waals surface area (Å²) in [6.45, 7) is 5.76. The number of benzene rings is 1. The minimum Gasteiger partial charge on any atom is -0.506 e. The number of hydrogen-bond acceptors (Lipinski definition) is 2. The van der Waals surface area contributed by atoms with Crippen LogP contribution in [0.5, 0.6) is 5.75 Å². The number of phenolic OH excluding ortho intramolecular Hbond substituents is 1. The van der Waals surface area contributed by atoms with E-state index < -0.39 is 0 Å². The Morgan fingerprint density at radius 2 is 2.00 bits per heavy atom. The van der Waals surface area contributed by atoms with Gasteiger partial charge in [-0.25, -0.2) is 0 Å². The Balaban J connectivity index is 3.44. The van der Waals surface area contributed by atoms with Crippen LogP contribution in [0.2, 0.25) is 5.02 Å². The lowest BCUT2D eigenvalue weighted by atomic mass is 9.99. The van der Waals surface area contributed by atoms with Gasteiger partial charge in [-0.1, -0.05) is 25.4 Å². The Bertz CT molecular complexity index is 334. The van der Waals surface area contributed by atoms with Crippen LogP contribution in [0.15, 0.2) is 6.07 Å². The number of anilines is 1. The van der Waals surface area contributed by atoms with E-state index in [1.54, 1.807) is 13.0 Å². The zero-order chi connectivity index (χ0) is 10.2. The maximum absolute atomic E-state index is 9.57. The van der Waals surface area contributed by atoms with Gasteiger partial charge in [-0.2, -0.15) is 0 Å². The third kappa shape index (κ3) is 1.73. The van der Waals surface area contributed by atoms with Crippen molar-refractivity contribution in [2.45, 2.75) is 26.7 Å². The summed E-state index contributed by atoms with van der Waals surface area (Å²) in [6.07, 6.45) is 0. The Labute approximate surface area is 83.3 Å². The molecule has 0 saturated carbocycles. The highest BCUT2D eigenvalue weighted by Gasteiger charge is 2.14. The van der Waals surface area contributed by atoms with Crippen LogP contribution in [0.1, 0.15) is 30.9 Å². The molecule has 1 rings (SSSR count). The van der Waals surface area contributed by atoms with Gasteiger partial charge in [-0.15, -0.1) is 0 Å². The van der Waals surface area contributed by atoms with Crippen molar-refractivity contribution >= 4 is 17.3 Å². The molecule has 0 spiro atoms. The highest BCUT2D eigenvalue weighted by molar-refractivity contribution is 6.33. The zero-order valence-electron chi connectivity index (χ0n) is 8.06. The van der Waals surface area contributed by atoms with Crippen molar-refractivity contribution < 1.29 is 5.11 Å². The number of aromatic hydroxyl groups is 1. The van der Waals surface area contributed by atoms with Gasteiger partial charge >= 0.3 is 0 Å². The van der Waals surface area contributed by atoms with Crippen LogP contribution in [-0.4, -0.2) is 5.11 Å². The first-order valence-corrected chi connectivity index (χ1v) is 4.60. The van der Waals surface area contributed by atoms with Crippen molar-refractivity contribution in [2.24, 2.45) is 0 Å². The van der Waals surface area contributed by atoms with E-state index in [9.17, 15) is 5.11 Å². The van der Waals surface area contributed by atoms with Crippen LogP contribution >= 0.6 is 11.6 Å². The molecule has 72 valence electrons. The van der Waals surface area contributed by atoms with E-state index in [0.29, 0.717) is 16.3 Å². The average molecular weight is 200 g/mol. The van der Waals surface area contributed by atoms with Crippen LogP contribution in [0.25, 0.3) is 0 Å². The maximum atomic E-state index is 9.57. The number of rotatable bonds is 1. The predicted octanol–water partition coefficient (Wildman–Crippen LogP) is 3.06. The predicted molar refractivity (Wildman–Crippen MR) is 56.4 cm³/mol. The third-order valence-corrected chi connectivity index (χ3v) is 2.46. The largest absolute Gasteiger partial charge is 0.506 e. The van der Waals surface area contributed by atoms with Crippen molar-refractivity contribution in [1.29, 1.82) is 0 Å². The fourth-order valence-electron chi connectivity index (χ4n) is 1.39. The van der Waals surface area contributed by atoms with E-state index in [2.05, 4.69) is 0 Å². The van der Waals surface area contributed by atoms with Crippen LogP contribution in [-0.2, 0) is 0 Å². The lowest BCUT2D eigenvalue weighted by Crippen LogP contribution is -1.98. The lowest BCUT2D eigenvalue weighted by Gasteiger charge is -2.14. The average Bonchev–Trinajstić information content (AvgIpc) is 1.99. The van der Waals surface area contributed by atoms with E-state index in [4.69, 9.17) is 17.3 Å². The van der Waals surface area contributed by atoms with E-state index in [1.165, 1.54) is 0 Å². The molecule has 13 heavy (non-hydrogen) atoms. The standard InChI is InChI=1S/C10H14ClNO/c1-5(2)8-7(12)4-6(3)10(13)9(8)11/h4-5,13H,12H2,1-3H3. The number of nitrogens with two attached hydrogens (primary N) is 1. The van der Waals surface area contributed by atoms with Crippen LogP contribution in [0, 0.1) is 6.92 Å². The van der Waals surface area contributed by atoms with Gasteiger partial charge in [0.15, 0.2) is 0 Å². The molecule has 0 saturated heterocycles. The smallest absolute Gasteiger partial charge is 0.137 e. The van der Waals surface area contributed by atoms with Gasteiger partial charge in [0.1, 0.15) is 5.75 Å². The van der Waals surface area contributed by atoms with E-state index in [0.717, 1.165) is 5.56 Å². The summed E-state index contributed by atoms with van der Waals surface area (Å²) < 4.78 is 0. The SMILES string of the molecule is Cc1cc(N)c(C(C)C)c(Cl)c1O. The minimum absolute atomic E-state index is 0.138. The highest BCUT2D eigenvalue weighted by Crippen LogP contribution is 2.38. The molecule has 0 bridgehead atoms. The third-order valence-electron chi connectivity index (χ3n) is 2.08. The monoisotopic (exact) mass is 199 g/mol. The van der Waals surface area contributed by atoms with Crippen LogP contribution < -0.4 is 5.73 Å². The molecule has 0 aliphatic rings. The molecule has 0 aliphatic carbocycles. The molecule has 3 N–H and O–H groups in total. The van der Waals surface area contributed by atoms with Crippen molar-refractivity contribution in [2.75, 3.05) is 5.73 Å². The topological polar surface area (TPSA) is 46.2 Å². The molecule has 0 aromatic heterocycles. The van der Waals surface area contributed by atoms with Gasteiger partial charge in [-0.3, -0.25) is 0 Å². The highest BCUT2D eigenvalue weighted by atomic mass is 35.5. The molecule has 0 fully saturated rings. The first kappa shape index (κ1) is 10.2. The summed E-state index contributed by atoms with van der Waals surface area (Å²) in [6, 6.07) is 1.75. The number of halogens is 1. The maximum Gasteiger partial charge on any atom is 0.137 e. The van der Waals surface area contributed by atoms with Crippen molar-refractivity contribution in [3.8, 4) is 5.75 Å². The summed E-state index contributed by atoms with van der Waals surface area (Å²) in [5.41, 5.74) is 7.98. The number of nitrogen functional groups attached to an aromatic ring is 1. The fourth-order valence-corrected chi connectivity index (χ4v) is 1.87. The van der Waals surface area contributed by atoms with Crippen molar-refractivity contribution in [3.05, 3.63) is 22.2 Å². The Hall–Kier alpha value is -0.890. The second-order valence-electron chi connectivity index (χ2n) is 3.51. The van der Waals surface area contributed by atoms with Gasteiger partial charge in [0.25, 0.3) is 0 Å². The normalized spacial score (nSPS) is 10.8. The van der Waals surface area contributed by atoms with E-state index in [1.807, 2.05) is 13.8 Å². The molecular formula is C10H14ClNO. The Morgan fingerprint density at radius 3 is 2.46 bits per heavy atom. The molecule has 0 aliphatic heterocycles. The number of hydrogen-bond donors (Lipinski definition) is 2. The second-order valence-corrected chi connectivity index (χ2v) is 3.89. The van der Waals surface area contributed by atoms with E-state index >= 15 is 0 Å². The molecule has 0 heterocycles. The second kappa shape index (κ2) is 3.46. The van der Waals surface area contributed by atoms with Crippen molar-refractivity contribution in [3.63, 3.8) is 0 Å². The van der Waals surface area contributed by atoms with Crippen molar-refractivity contribution in [1.82, 2.24) is 0 Å². The van der Waals surface area contributed by atoms with Gasteiger partial charge in [0.05, 0.1) is 5.02 Å². The summed E-state index contributed by atoms with van der Waals surface area (Å²) in [5, 5.41) is 9.95. The lowest BCUT2D eigenvalue weighted by molar-refractivity contribution is 0.470. The Kier molecular flexibility index (Phi) is 2.71. The van der Waals surface area contributed by atoms with Crippen LogP contribution in [0.4, 0.5) is 5.69 Å². The van der Waals surface area contributed by atoms with E-state index in [-0.39, 0.29) is 11.7 Å². The molecular weight excluding hydrogens is 186 g/mol. The number of phenols is 1. The molecule has 0 unspecified atom stereocenters. The summed E-state index contributed by atoms with van der Waals surface area (Å²) in [4.78, 5) is 0. The summed E-state index contributed by atoms with van der Waals surface area (Å²) >= 11 is 5.97. The van der Waals surface area contributed by atoms with Gasteiger partial charge < -0.3 is 10.8 Å². The molecule has 1 aromatic rings. The molecule has 0 atom stereocenters. The molecule has 1 aromatic carbocycles. The van der Waals surface area contributed by atoms with Crippen LogP contribution in [0.3, 0.4) is 0 Å². The Morgan fingerprint density at radius 1 is 1.46 bits per heavy atom. The summed E-state index contributed by atoms with van der Waals surface area (Å²) in [5.74, 6) is 0.360. The first-order chi connectivity index (χ1) is 5.95.